The predicted molar refractivity (Wildman–Crippen MR) is 74.0 cm³/mol. The van der Waals surface area contributed by atoms with Crippen LogP contribution in [0, 0.1) is 0 Å². The van der Waals surface area contributed by atoms with Crippen LogP contribution in [-0.4, -0.2) is 20.8 Å². The molecule has 0 bridgehead atoms. The van der Waals surface area contributed by atoms with Crippen LogP contribution in [0.4, 0.5) is 13.2 Å². The number of carbonyl (C=O) groups excluding carboxylic acids is 2. The van der Waals surface area contributed by atoms with Gasteiger partial charge < -0.3 is 14.9 Å². The quantitative estimate of drug-likeness (QED) is 0.856. The molecule has 0 aliphatic carbocycles. The summed E-state index contributed by atoms with van der Waals surface area (Å²) in [6.45, 7) is -0.578. The number of nitrogens with two attached hydrogens (primary N) is 1. The molecule has 0 spiro atoms. The fraction of sp³-hybridized carbons (Fsp3) is 0.214. The van der Waals surface area contributed by atoms with E-state index in [0.717, 1.165) is 12.3 Å². The van der Waals surface area contributed by atoms with Crippen LogP contribution in [-0.2, 0) is 19.8 Å². The number of ketones is 1. The number of carbonyl (C=O) groups is 2. The Hall–Kier alpha value is -2.84. The molecule has 0 unspecified atom stereocenters. The Bertz CT molecular complexity index is 834. The summed E-state index contributed by atoms with van der Waals surface area (Å²) in [4.78, 5) is 35.0. The van der Waals surface area contributed by atoms with Gasteiger partial charge in [0, 0.05) is 25.0 Å². The Morgan fingerprint density at radius 1 is 1.30 bits per heavy atom. The van der Waals surface area contributed by atoms with Crippen LogP contribution in [0.3, 0.4) is 0 Å². The minimum atomic E-state index is -4.80. The topological polar surface area (TPSA) is 87.1 Å². The van der Waals surface area contributed by atoms with Crippen LogP contribution in [0.1, 0.15) is 26.4 Å². The van der Waals surface area contributed by atoms with E-state index in [0.29, 0.717) is 10.6 Å². The van der Waals surface area contributed by atoms with Gasteiger partial charge in [0.1, 0.15) is 11.3 Å². The summed E-state index contributed by atoms with van der Waals surface area (Å²) in [7, 11) is 1.49. The van der Waals surface area contributed by atoms with Crippen molar-refractivity contribution in [3.63, 3.8) is 0 Å². The van der Waals surface area contributed by atoms with E-state index in [1.807, 2.05) is 0 Å². The molecule has 2 aromatic rings. The molecule has 0 saturated carbocycles. The maximum absolute atomic E-state index is 12.7. The zero-order valence-corrected chi connectivity index (χ0v) is 11.9. The Balaban J connectivity index is 2.33. The fourth-order valence-electron chi connectivity index (χ4n) is 2.09. The number of Topliss-reactive ketones (excluding diaryl/α,β-unsaturated/α-hetero) is 1. The van der Waals surface area contributed by atoms with E-state index >= 15 is 0 Å². The van der Waals surface area contributed by atoms with Gasteiger partial charge in [0.15, 0.2) is 5.78 Å². The molecule has 0 fully saturated rings. The molecule has 1 amide bonds. The van der Waals surface area contributed by atoms with E-state index in [1.165, 1.54) is 23.9 Å². The molecule has 0 atom stereocenters. The molecule has 23 heavy (non-hydrogen) atoms. The second-order valence-corrected chi connectivity index (χ2v) is 4.87. The molecule has 0 saturated heterocycles. The van der Waals surface area contributed by atoms with Crippen LogP contribution in [0.15, 0.2) is 35.4 Å². The maximum atomic E-state index is 12.7. The Morgan fingerprint density at radius 3 is 2.48 bits per heavy atom. The highest BCUT2D eigenvalue weighted by atomic mass is 19.4. The highest BCUT2D eigenvalue weighted by molar-refractivity contribution is 5.99. The predicted octanol–water partition coefficient (Wildman–Crippen LogP) is 1.19. The van der Waals surface area contributed by atoms with Crippen LogP contribution in [0.25, 0.3) is 0 Å². The fourth-order valence-corrected chi connectivity index (χ4v) is 2.09. The molecule has 2 rings (SSSR count). The standard InChI is InChI=1S/C14H12F3N3O3/c1-19-6-8(5-10(19)12(18)22)11(21)7-20-4-2-3-9(13(20)23)14(15,16)17/h2-6H,7H2,1H3,(H2,18,22). The molecule has 2 heterocycles. The summed E-state index contributed by atoms with van der Waals surface area (Å²) in [5.41, 5.74) is 2.62. The first-order valence-corrected chi connectivity index (χ1v) is 6.37. The summed E-state index contributed by atoms with van der Waals surface area (Å²) in [6, 6.07) is 2.91. The van der Waals surface area contributed by atoms with E-state index in [1.54, 1.807) is 0 Å². The second kappa shape index (κ2) is 5.75. The van der Waals surface area contributed by atoms with Crippen LogP contribution < -0.4 is 11.3 Å². The molecular formula is C14H12F3N3O3. The maximum Gasteiger partial charge on any atom is 0.421 e. The molecule has 122 valence electrons. The first-order chi connectivity index (χ1) is 10.6. The van der Waals surface area contributed by atoms with Gasteiger partial charge in [-0.15, -0.1) is 0 Å². The summed E-state index contributed by atoms with van der Waals surface area (Å²) >= 11 is 0. The molecule has 9 heteroatoms. The molecule has 0 aromatic carbocycles. The van der Waals surface area contributed by atoms with Crippen LogP contribution in [0.2, 0.25) is 0 Å². The van der Waals surface area contributed by atoms with Gasteiger partial charge in [-0.25, -0.2) is 0 Å². The monoisotopic (exact) mass is 327 g/mol. The highest BCUT2D eigenvalue weighted by Gasteiger charge is 2.34. The van der Waals surface area contributed by atoms with Gasteiger partial charge in [-0.05, 0) is 18.2 Å². The molecule has 6 nitrogen and oxygen atoms in total. The van der Waals surface area contributed by atoms with Gasteiger partial charge in [0.25, 0.3) is 11.5 Å². The van der Waals surface area contributed by atoms with Crippen molar-refractivity contribution in [1.29, 1.82) is 0 Å². The number of amides is 1. The van der Waals surface area contributed by atoms with E-state index in [9.17, 15) is 27.6 Å². The molecule has 2 N–H and O–H groups in total. The number of pyridine rings is 1. The van der Waals surface area contributed by atoms with Crippen molar-refractivity contribution in [3.05, 3.63) is 57.8 Å². The largest absolute Gasteiger partial charge is 0.421 e. The summed E-state index contributed by atoms with van der Waals surface area (Å²) in [5.74, 6) is -1.36. The third-order valence-corrected chi connectivity index (χ3v) is 3.22. The van der Waals surface area contributed by atoms with Crippen molar-refractivity contribution < 1.29 is 22.8 Å². The van der Waals surface area contributed by atoms with E-state index < -0.39 is 35.5 Å². The molecule has 2 aromatic heterocycles. The zero-order chi connectivity index (χ0) is 17.4. The van der Waals surface area contributed by atoms with Crippen molar-refractivity contribution in [1.82, 2.24) is 9.13 Å². The SMILES string of the molecule is Cn1cc(C(=O)Cn2cccc(C(F)(F)F)c2=O)cc1C(N)=O. The number of aryl methyl sites for hydroxylation is 1. The zero-order valence-electron chi connectivity index (χ0n) is 11.9. The number of hydrogen-bond acceptors (Lipinski definition) is 3. The number of hydrogen-bond donors (Lipinski definition) is 1. The van der Waals surface area contributed by atoms with Gasteiger partial charge in [-0.3, -0.25) is 14.4 Å². The Labute approximate surface area is 127 Å². The van der Waals surface area contributed by atoms with E-state index in [2.05, 4.69) is 0 Å². The van der Waals surface area contributed by atoms with Gasteiger partial charge in [-0.1, -0.05) is 0 Å². The second-order valence-electron chi connectivity index (χ2n) is 4.87. The third-order valence-electron chi connectivity index (χ3n) is 3.22. The first kappa shape index (κ1) is 16.5. The van der Waals surface area contributed by atoms with Gasteiger partial charge >= 0.3 is 6.18 Å². The van der Waals surface area contributed by atoms with Crippen molar-refractivity contribution in [2.24, 2.45) is 12.8 Å². The van der Waals surface area contributed by atoms with Crippen molar-refractivity contribution in [2.75, 3.05) is 0 Å². The summed E-state index contributed by atoms with van der Waals surface area (Å²) in [5, 5.41) is 0. The lowest BCUT2D eigenvalue weighted by molar-refractivity contribution is -0.139. The average molecular weight is 327 g/mol. The van der Waals surface area contributed by atoms with E-state index in [-0.39, 0.29) is 11.3 Å². The van der Waals surface area contributed by atoms with Crippen LogP contribution >= 0.6 is 0 Å². The number of rotatable bonds is 4. The Kier molecular flexibility index (Phi) is 4.13. The summed E-state index contributed by atoms with van der Waals surface area (Å²) in [6.07, 6.45) is -2.39. The lowest BCUT2D eigenvalue weighted by Crippen LogP contribution is -2.30. The molecule has 0 radical (unpaired) electrons. The Morgan fingerprint density at radius 2 is 1.96 bits per heavy atom. The minimum absolute atomic E-state index is 0.0738. The van der Waals surface area contributed by atoms with Crippen molar-refractivity contribution in [3.8, 4) is 0 Å². The number of aromatic nitrogens is 2. The average Bonchev–Trinajstić information content (AvgIpc) is 2.82. The number of primary amides is 1. The third kappa shape index (κ3) is 3.33. The molecule has 0 aliphatic rings. The smallest absolute Gasteiger partial charge is 0.364 e. The lowest BCUT2D eigenvalue weighted by Gasteiger charge is -2.09. The van der Waals surface area contributed by atoms with Gasteiger partial charge in [0.2, 0.25) is 0 Å². The molecule has 0 aliphatic heterocycles. The number of nitrogens with zero attached hydrogens (tertiary/aromatic N) is 2. The molecular weight excluding hydrogens is 315 g/mol. The minimum Gasteiger partial charge on any atom is -0.364 e. The number of halogens is 3. The van der Waals surface area contributed by atoms with E-state index in [4.69, 9.17) is 5.73 Å². The first-order valence-electron chi connectivity index (χ1n) is 6.37. The van der Waals surface area contributed by atoms with Gasteiger partial charge in [-0.2, -0.15) is 13.2 Å². The summed E-state index contributed by atoms with van der Waals surface area (Å²) < 4.78 is 40.0. The van der Waals surface area contributed by atoms with Gasteiger partial charge in [0.05, 0.1) is 6.54 Å². The van der Waals surface area contributed by atoms with Crippen molar-refractivity contribution in [2.45, 2.75) is 12.7 Å². The highest BCUT2D eigenvalue weighted by Crippen LogP contribution is 2.26. The van der Waals surface area contributed by atoms with Crippen LogP contribution in [0.5, 0.6) is 0 Å². The van der Waals surface area contributed by atoms with Crippen molar-refractivity contribution >= 4 is 11.7 Å². The number of alkyl halides is 3. The lowest BCUT2D eigenvalue weighted by atomic mass is 10.2. The normalized spacial score (nSPS) is 11.5.